The van der Waals surface area contributed by atoms with Crippen molar-refractivity contribution < 1.29 is 4.79 Å². The standard InChI is InChI=1S/C20H31N5O/c1-7-17(26)19(5,9-3)14-20(6,10-4)25-13-16(23-24-25)15-11-21-18(8-2)22-12-15/h11-13H,7-10,14H2,1-6H3. The Morgan fingerprint density at radius 1 is 1.08 bits per heavy atom. The van der Waals surface area contributed by atoms with E-state index in [1.54, 1.807) is 12.4 Å². The third kappa shape index (κ3) is 4.00. The van der Waals surface area contributed by atoms with E-state index in [1.165, 1.54) is 0 Å². The summed E-state index contributed by atoms with van der Waals surface area (Å²) in [6.07, 6.45) is 9.33. The molecule has 0 spiro atoms. The highest BCUT2D eigenvalue weighted by molar-refractivity contribution is 5.84. The second kappa shape index (κ2) is 8.06. The van der Waals surface area contributed by atoms with Gasteiger partial charge in [0.2, 0.25) is 0 Å². The number of nitrogens with zero attached hydrogens (tertiary/aromatic N) is 5. The van der Waals surface area contributed by atoms with Crippen molar-refractivity contribution >= 4 is 5.78 Å². The van der Waals surface area contributed by atoms with Crippen LogP contribution >= 0.6 is 0 Å². The average molecular weight is 358 g/mol. The minimum atomic E-state index is -0.350. The van der Waals surface area contributed by atoms with Gasteiger partial charge in [-0.25, -0.2) is 14.6 Å². The van der Waals surface area contributed by atoms with Crippen LogP contribution < -0.4 is 0 Å². The first-order valence-electron chi connectivity index (χ1n) is 9.59. The molecule has 26 heavy (non-hydrogen) atoms. The van der Waals surface area contributed by atoms with E-state index in [0.717, 1.165) is 42.8 Å². The van der Waals surface area contributed by atoms with Gasteiger partial charge in [-0.05, 0) is 26.2 Å². The molecule has 6 nitrogen and oxygen atoms in total. The van der Waals surface area contributed by atoms with Crippen molar-refractivity contribution in [3.05, 3.63) is 24.4 Å². The summed E-state index contributed by atoms with van der Waals surface area (Å²) in [6, 6.07) is 0. The van der Waals surface area contributed by atoms with E-state index < -0.39 is 0 Å². The van der Waals surface area contributed by atoms with Crippen LogP contribution in [0.15, 0.2) is 18.6 Å². The number of Topliss-reactive ketones (excluding diaryl/α,β-unsaturated/α-hetero) is 1. The van der Waals surface area contributed by atoms with Crippen molar-refractivity contribution in [1.29, 1.82) is 0 Å². The lowest BCUT2D eigenvalue weighted by Gasteiger charge is -2.37. The number of hydrogen-bond donors (Lipinski definition) is 0. The molecule has 0 N–H and O–H groups in total. The van der Waals surface area contributed by atoms with Crippen LogP contribution in [0.3, 0.4) is 0 Å². The Kier molecular flexibility index (Phi) is 6.26. The maximum absolute atomic E-state index is 12.5. The molecule has 2 heterocycles. The van der Waals surface area contributed by atoms with E-state index in [0.29, 0.717) is 12.2 Å². The zero-order valence-corrected chi connectivity index (χ0v) is 16.9. The molecule has 0 radical (unpaired) electrons. The van der Waals surface area contributed by atoms with E-state index in [4.69, 9.17) is 0 Å². The first kappa shape index (κ1) is 20.2. The predicted octanol–water partition coefficient (Wildman–Crippen LogP) is 4.21. The Balaban J connectivity index is 2.32. The fourth-order valence-corrected chi connectivity index (χ4v) is 3.39. The van der Waals surface area contributed by atoms with Crippen molar-refractivity contribution in [3.63, 3.8) is 0 Å². The number of hydrogen-bond acceptors (Lipinski definition) is 5. The van der Waals surface area contributed by atoms with E-state index >= 15 is 0 Å². The number of ketones is 1. The molecule has 2 atom stereocenters. The van der Waals surface area contributed by atoms with Crippen molar-refractivity contribution in [2.24, 2.45) is 5.41 Å². The smallest absolute Gasteiger partial charge is 0.138 e. The van der Waals surface area contributed by atoms with Gasteiger partial charge in [0.25, 0.3) is 0 Å². The van der Waals surface area contributed by atoms with E-state index in [9.17, 15) is 4.79 Å². The van der Waals surface area contributed by atoms with Gasteiger partial charge >= 0.3 is 0 Å². The number of aromatic nitrogens is 5. The summed E-state index contributed by atoms with van der Waals surface area (Å²) in [5.41, 5.74) is 0.991. The number of carbonyl (C=O) groups excluding carboxylic acids is 1. The maximum Gasteiger partial charge on any atom is 0.138 e. The fourth-order valence-electron chi connectivity index (χ4n) is 3.39. The summed E-state index contributed by atoms with van der Waals surface area (Å²) in [7, 11) is 0. The molecular weight excluding hydrogens is 326 g/mol. The van der Waals surface area contributed by atoms with Crippen LogP contribution in [-0.2, 0) is 16.8 Å². The molecule has 2 aromatic heterocycles. The highest BCUT2D eigenvalue weighted by Crippen LogP contribution is 2.39. The molecule has 2 rings (SSSR count). The Morgan fingerprint density at radius 2 is 1.73 bits per heavy atom. The average Bonchev–Trinajstić information content (AvgIpc) is 3.18. The third-order valence-corrected chi connectivity index (χ3v) is 5.67. The zero-order valence-electron chi connectivity index (χ0n) is 16.9. The maximum atomic E-state index is 12.5. The first-order valence-corrected chi connectivity index (χ1v) is 9.59. The molecule has 2 unspecified atom stereocenters. The summed E-state index contributed by atoms with van der Waals surface area (Å²) in [5.74, 6) is 1.12. The molecule has 6 heteroatoms. The largest absolute Gasteiger partial charge is 0.299 e. The minimum Gasteiger partial charge on any atom is -0.299 e. The molecule has 2 aromatic rings. The SMILES string of the molecule is CCC(=O)C(C)(CC)CC(C)(CC)n1cc(-c2cnc(CC)nc2)nn1. The third-order valence-electron chi connectivity index (χ3n) is 5.67. The van der Waals surface area contributed by atoms with Crippen LogP contribution in [0.2, 0.25) is 0 Å². The summed E-state index contributed by atoms with van der Waals surface area (Å²) >= 11 is 0. The van der Waals surface area contributed by atoms with Gasteiger partial charge < -0.3 is 0 Å². The molecule has 0 aliphatic heterocycles. The lowest BCUT2D eigenvalue weighted by Crippen LogP contribution is -2.40. The second-order valence-corrected chi connectivity index (χ2v) is 7.51. The normalized spacial score (nSPS) is 16.1. The number of rotatable bonds is 9. The molecule has 0 saturated heterocycles. The Morgan fingerprint density at radius 3 is 2.23 bits per heavy atom. The summed E-state index contributed by atoms with van der Waals surface area (Å²) < 4.78 is 1.91. The quantitative estimate of drug-likeness (QED) is 0.672. The molecule has 0 aliphatic rings. The highest BCUT2D eigenvalue weighted by Gasteiger charge is 2.39. The Bertz CT molecular complexity index is 739. The van der Waals surface area contributed by atoms with Gasteiger partial charge in [0.05, 0.1) is 11.7 Å². The topological polar surface area (TPSA) is 73.6 Å². The lowest BCUT2D eigenvalue weighted by atomic mass is 9.71. The number of carbonyl (C=O) groups is 1. The summed E-state index contributed by atoms with van der Waals surface area (Å²) in [4.78, 5) is 21.2. The van der Waals surface area contributed by atoms with Crippen molar-refractivity contribution in [1.82, 2.24) is 25.0 Å². The first-order chi connectivity index (χ1) is 12.3. The van der Waals surface area contributed by atoms with E-state index in [2.05, 4.69) is 48.0 Å². The molecule has 0 fully saturated rings. The van der Waals surface area contributed by atoms with Crippen LogP contribution in [0.5, 0.6) is 0 Å². The fraction of sp³-hybridized carbons (Fsp3) is 0.650. The molecule has 0 saturated carbocycles. The van der Waals surface area contributed by atoms with Crippen molar-refractivity contribution in [3.8, 4) is 11.3 Å². The van der Waals surface area contributed by atoms with Crippen LogP contribution in [0, 0.1) is 5.41 Å². The molecule has 0 aliphatic carbocycles. The minimum absolute atomic E-state index is 0.273. The number of aryl methyl sites for hydroxylation is 1. The molecule has 142 valence electrons. The Hall–Kier alpha value is -2.11. The molecular formula is C20H31N5O. The van der Waals surface area contributed by atoms with Gasteiger partial charge in [0.15, 0.2) is 0 Å². The molecule has 0 bridgehead atoms. The van der Waals surface area contributed by atoms with E-state index in [1.807, 2.05) is 24.7 Å². The summed E-state index contributed by atoms with van der Waals surface area (Å²) in [5, 5.41) is 8.71. The molecule has 0 amide bonds. The highest BCUT2D eigenvalue weighted by atomic mass is 16.1. The second-order valence-electron chi connectivity index (χ2n) is 7.51. The lowest BCUT2D eigenvalue weighted by molar-refractivity contribution is -0.129. The van der Waals surface area contributed by atoms with Crippen molar-refractivity contribution in [2.45, 2.75) is 79.2 Å². The van der Waals surface area contributed by atoms with Crippen LogP contribution in [-0.4, -0.2) is 30.7 Å². The van der Waals surface area contributed by atoms with E-state index in [-0.39, 0.29) is 11.0 Å². The molecule has 0 aromatic carbocycles. The van der Waals surface area contributed by atoms with Gasteiger partial charge in [-0.15, -0.1) is 5.10 Å². The monoisotopic (exact) mass is 357 g/mol. The van der Waals surface area contributed by atoms with Gasteiger partial charge in [0.1, 0.15) is 17.3 Å². The van der Waals surface area contributed by atoms with Gasteiger partial charge in [0, 0.05) is 36.2 Å². The summed E-state index contributed by atoms with van der Waals surface area (Å²) in [6.45, 7) is 12.4. The van der Waals surface area contributed by atoms with Crippen LogP contribution in [0.25, 0.3) is 11.3 Å². The zero-order chi connectivity index (χ0) is 19.4. The van der Waals surface area contributed by atoms with Gasteiger partial charge in [-0.2, -0.15) is 0 Å². The van der Waals surface area contributed by atoms with Gasteiger partial charge in [-0.1, -0.05) is 39.8 Å². The van der Waals surface area contributed by atoms with Crippen molar-refractivity contribution in [2.75, 3.05) is 0 Å². The van der Waals surface area contributed by atoms with Crippen LogP contribution in [0.1, 0.15) is 73.1 Å². The predicted molar refractivity (Wildman–Crippen MR) is 103 cm³/mol. The Labute approximate surface area is 156 Å². The van der Waals surface area contributed by atoms with Gasteiger partial charge in [-0.3, -0.25) is 4.79 Å². The van der Waals surface area contributed by atoms with Crippen LogP contribution in [0.4, 0.5) is 0 Å².